The minimum absolute atomic E-state index is 0.0846. The van der Waals surface area contributed by atoms with Gasteiger partial charge in [-0.15, -0.1) is 0 Å². The van der Waals surface area contributed by atoms with Crippen molar-refractivity contribution < 1.29 is 9.18 Å². The molecule has 0 saturated carbocycles. The first kappa shape index (κ1) is 20.0. The average molecular weight is 408 g/mol. The van der Waals surface area contributed by atoms with Crippen LogP contribution >= 0.6 is 0 Å². The SMILES string of the molecule is Cn1ccnc1C(NC(=O)CN1CCN(c2ccccn2)CC1)c1ccc(F)cc1. The fourth-order valence-electron chi connectivity index (χ4n) is 3.69. The summed E-state index contributed by atoms with van der Waals surface area (Å²) in [4.78, 5) is 26.0. The first-order chi connectivity index (χ1) is 14.6. The maximum Gasteiger partial charge on any atom is 0.235 e. The predicted molar refractivity (Wildman–Crippen MR) is 112 cm³/mol. The van der Waals surface area contributed by atoms with Crippen LogP contribution < -0.4 is 10.2 Å². The average Bonchev–Trinajstić information content (AvgIpc) is 3.19. The van der Waals surface area contributed by atoms with Gasteiger partial charge < -0.3 is 14.8 Å². The second-order valence-electron chi connectivity index (χ2n) is 7.40. The van der Waals surface area contributed by atoms with Gasteiger partial charge in [0.15, 0.2) is 0 Å². The van der Waals surface area contributed by atoms with Crippen molar-refractivity contribution in [3.63, 3.8) is 0 Å². The molecule has 3 heterocycles. The normalized spacial score (nSPS) is 15.7. The van der Waals surface area contributed by atoms with Gasteiger partial charge in [-0.05, 0) is 29.8 Å². The fraction of sp³-hybridized carbons (Fsp3) is 0.318. The molecule has 4 rings (SSSR count). The Kier molecular flexibility index (Phi) is 6.04. The van der Waals surface area contributed by atoms with Crippen LogP contribution in [0.5, 0.6) is 0 Å². The largest absolute Gasteiger partial charge is 0.354 e. The van der Waals surface area contributed by atoms with E-state index in [0.717, 1.165) is 37.6 Å². The standard InChI is InChI=1S/C22H25FN6O/c1-27-11-10-25-22(27)21(17-5-7-18(23)8-6-17)26-20(30)16-28-12-14-29(15-13-28)19-4-2-3-9-24-19/h2-11,21H,12-16H2,1H3,(H,26,30). The van der Waals surface area contributed by atoms with Crippen molar-refractivity contribution in [3.05, 3.63) is 78.3 Å². The van der Waals surface area contributed by atoms with Crippen LogP contribution in [0.25, 0.3) is 0 Å². The zero-order chi connectivity index (χ0) is 20.9. The third-order valence-corrected chi connectivity index (χ3v) is 5.34. The Balaban J connectivity index is 1.39. The van der Waals surface area contributed by atoms with Crippen LogP contribution in [0.1, 0.15) is 17.4 Å². The number of imidazole rings is 1. The van der Waals surface area contributed by atoms with E-state index in [1.165, 1.54) is 12.1 Å². The quantitative estimate of drug-likeness (QED) is 0.676. The lowest BCUT2D eigenvalue weighted by molar-refractivity contribution is -0.122. The van der Waals surface area contributed by atoms with Crippen molar-refractivity contribution >= 4 is 11.7 Å². The molecule has 1 amide bonds. The van der Waals surface area contributed by atoms with E-state index in [0.29, 0.717) is 12.4 Å². The molecule has 30 heavy (non-hydrogen) atoms. The number of anilines is 1. The number of piperazine rings is 1. The molecule has 3 aromatic rings. The third kappa shape index (κ3) is 4.65. The molecular weight excluding hydrogens is 383 g/mol. The van der Waals surface area contributed by atoms with E-state index < -0.39 is 6.04 Å². The number of pyridine rings is 1. The Labute approximate surface area is 175 Å². The summed E-state index contributed by atoms with van der Waals surface area (Å²) >= 11 is 0. The smallest absolute Gasteiger partial charge is 0.235 e. The molecule has 1 atom stereocenters. The molecule has 1 unspecified atom stereocenters. The highest BCUT2D eigenvalue weighted by Gasteiger charge is 2.24. The summed E-state index contributed by atoms with van der Waals surface area (Å²) in [5, 5.41) is 3.07. The number of halogens is 1. The predicted octanol–water partition coefficient (Wildman–Crippen LogP) is 1.98. The lowest BCUT2D eigenvalue weighted by Crippen LogP contribution is -2.50. The van der Waals surface area contributed by atoms with Crippen LogP contribution in [0, 0.1) is 5.82 Å². The monoisotopic (exact) mass is 408 g/mol. The molecule has 0 radical (unpaired) electrons. The Bertz CT molecular complexity index is 967. The minimum Gasteiger partial charge on any atom is -0.354 e. The lowest BCUT2D eigenvalue weighted by atomic mass is 10.1. The Hall–Kier alpha value is -3.26. The summed E-state index contributed by atoms with van der Waals surface area (Å²) < 4.78 is 15.2. The number of carbonyl (C=O) groups is 1. The highest BCUT2D eigenvalue weighted by Crippen LogP contribution is 2.21. The minimum atomic E-state index is -0.437. The fourth-order valence-corrected chi connectivity index (χ4v) is 3.69. The van der Waals surface area contributed by atoms with E-state index in [-0.39, 0.29) is 11.7 Å². The van der Waals surface area contributed by atoms with Crippen LogP contribution in [0.3, 0.4) is 0 Å². The van der Waals surface area contributed by atoms with Crippen molar-refractivity contribution in [1.82, 2.24) is 24.8 Å². The molecule has 0 bridgehead atoms. The van der Waals surface area contributed by atoms with Gasteiger partial charge in [0.05, 0.1) is 6.54 Å². The van der Waals surface area contributed by atoms with Crippen molar-refractivity contribution in [3.8, 4) is 0 Å². The number of hydrogen-bond acceptors (Lipinski definition) is 5. The topological polar surface area (TPSA) is 66.3 Å². The van der Waals surface area contributed by atoms with Crippen LogP contribution in [0.2, 0.25) is 0 Å². The highest BCUT2D eigenvalue weighted by atomic mass is 19.1. The molecule has 1 saturated heterocycles. The Morgan fingerprint density at radius 2 is 1.83 bits per heavy atom. The zero-order valence-corrected chi connectivity index (χ0v) is 16.9. The maximum absolute atomic E-state index is 13.4. The van der Waals surface area contributed by atoms with Gasteiger partial charge in [0.25, 0.3) is 0 Å². The lowest BCUT2D eigenvalue weighted by Gasteiger charge is -2.35. The second kappa shape index (κ2) is 9.04. The van der Waals surface area contributed by atoms with Gasteiger partial charge in [-0.25, -0.2) is 14.4 Å². The van der Waals surface area contributed by atoms with Crippen LogP contribution in [-0.2, 0) is 11.8 Å². The van der Waals surface area contributed by atoms with Crippen LogP contribution in [0.15, 0.2) is 61.1 Å². The number of aromatic nitrogens is 3. The molecule has 1 aromatic carbocycles. The molecule has 1 fully saturated rings. The van der Waals surface area contributed by atoms with Gasteiger partial charge in [-0.3, -0.25) is 9.69 Å². The first-order valence-electron chi connectivity index (χ1n) is 10.0. The van der Waals surface area contributed by atoms with Gasteiger partial charge in [0.1, 0.15) is 23.5 Å². The van der Waals surface area contributed by atoms with E-state index in [9.17, 15) is 9.18 Å². The van der Waals surface area contributed by atoms with Crippen molar-refractivity contribution in [1.29, 1.82) is 0 Å². The molecule has 156 valence electrons. The van der Waals surface area contributed by atoms with Gasteiger partial charge in [0, 0.05) is 51.8 Å². The summed E-state index contributed by atoms with van der Waals surface area (Å²) in [6.07, 6.45) is 5.31. The van der Waals surface area contributed by atoms with Crippen LogP contribution in [0.4, 0.5) is 10.2 Å². The van der Waals surface area contributed by atoms with E-state index in [1.54, 1.807) is 24.5 Å². The molecule has 1 aliphatic heterocycles. The molecule has 8 heteroatoms. The van der Waals surface area contributed by atoms with E-state index >= 15 is 0 Å². The maximum atomic E-state index is 13.4. The van der Waals surface area contributed by atoms with Crippen LogP contribution in [-0.4, -0.2) is 58.1 Å². The Morgan fingerprint density at radius 3 is 2.47 bits per heavy atom. The van der Waals surface area contributed by atoms with Gasteiger partial charge in [-0.1, -0.05) is 18.2 Å². The van der Waals surface area contributed by atoms with Crippen molar-refractivity contribution in [2.75, 3.05) is 37.6 Å². The zero-order valence-electron chi connectivity index (χ0n) is 16.9. The van der Waals surface area contributed by atoms with Crippen molar-refractivity contribution in [2.24, 2.45) is 7.05 Å². The summed E-state index contributed by atoms with van der Waals surface area (Å²) in [5.41, 5.74) is 0.791. The van der Waals surface area contributed by atoms with Crippen molar-refractivity contribution in [2.45, 2.75) is 6.04 Å². The summed E-state index contributed by atoms with van der Waals surface area (Å²) in [6, 6.07) is 11.6. The van der Waals surface area contributed by atoms with Gasteiger partial charge >= 0.3 is 0 Å². The van der Waals surface area contributed by atoms with Gasteiger partial charge in [0.2, 0.25) is 5.91 Å². The number of rotatable bonds is 6. The number of hydrogen-bond donors (Lipinski definition) is 1. The molecule has 7 nitrogen and oxygen atoms in total. The molecular formula is C22H25FN6O. The number of benzene rings is 1. The molecule has 0 aliphatic carbocycles. The molecule has 1 N–H and O–H groups in total. The van der Waals surface area contributed by atoms with E-state index in [4.69, 9.17) is 0 Å². The number of nitrogens with zero attached hydrogens (tertiary/aromatic N) is 5. The van der Waals surface area contributed by atoms with E-state index in [2.05, 4.69) is 25.1 Å². The second-order valence-corrected chi connectivity index (χ2v) is 7.40. The number of aryl methyl sites for hydroxylation is 1. The summed E-state index contributed by atoms with van der Waals surface area (Å²) in [5.74, 6) is 1.27. The Morgan fingerprint density at radius 1 is 1.07 bits per heavy atom. The first-order valence-corrected chi connectivity index (χ1v) is 10.0. The molecule has 2 aromatic heterocycles. The van der Waals surface area contributed by atoms with Gasteiger partial charge in [-0.2, -0.15) is 0 Å². The van der Waals surface area contributed by atoms with E-state index in [1.807, 2.05) is 36.0 Å². The molecule has 0 spiro atoms. The number of amides is 1. The number of nitrogens with one attached hydrogen (secondary N) is 1. The number of carbonyl (C=O) groups excluding carboxylic acids is 1. The molecule has 1 aliphatic rings. The summed E-state index contributed by atoms with van der Waals surface area (Å²) in [7, 11) is 1.88. The third-order valence-electron chi connectivity index (χ3n) is 5.34. The highest BCUT2D eigenvalue weighted by molar-refractivity contribution is 5.79. The summed E-state index contributed by atoms with van der Waals surface area (Å²) in [6.45, 7) is 3.52.